The number of nitrogens with zero attached hydrogens (tertiary/aromatic N) is 1. The van der Waals surface area contributed by atoms with Crippen LogP contribution in [0.4, 0.5) is 0 Å². The van der Waals surface area contributed by atoms with Crippen molar-refractivity contribution >= 4 is 23.2 Å². The molecule has 16 heavy (non-hydrogen) atoms. The molecule has 4 heteroatoms. The molecule has 0 aromatic rings. The summed E-state index contributed by atoms with van der Waals surface area (Å²) >= 11 is 5.04. The fourth-order valence-corrected chi connectivity index (χ4v) is 2.02. The van der Waals surface area contributed by atoms with Crippen LogP contribution < -0.4 is 0 Å². The maximum atomic E-state index is 11.9. The normalized spacial score (nSPS) is 19.7. The van der Waals surface area contributed by atoms with E-state index in [0.29, 0.717) is 17.4 Å². The van der Waals surface area contributed by atoms with Gasteiger partial charge in [0.1, 0.15) is 0 Å². The van der Waals surface area contributed by atoms with E-state index in [-0.39, 0.29) is 11.2 Å². The highest BCUT2D eigenvalue weighted by Crippen LogP contribution is 2.36. The van der Waals surface area contributed by atoms with Crippen molar-refractivity contribution in [3.63, 3.8) is 0 Å². The van der Waals surface area contributed by atoms with Crippen molar-refractivity contribution in [1.29, 1.82) is 0 Å². The Morgan fingerprint density at radius 2 is 1.94 bits per heavy atom. The monoisotopic (exact) mass is 241 g/mol. The molecule has 0 bridgehead atoms. The highest BCUT2D eigenvalue weighted by molar-refractivity contribution is 7.80. The first-order valence-electron chi connectivity index (χ1n) is 5.35. The Morgan fingerprint density at radius 3 is 2.38 bits per heavy atom. The SMILES string of the molecule is CC1=C(OC(=S)N(C)C)C(=O)CC(C)(C)C1. The number of allylic oxidation sites excluding steroid dienone is 2. The van der Waals surface area contributed by atoms with Crippen LogP contribution in [0.15, 0.2) is 11.3 Å². The number of Topliss-reactive ketones (excluding diaryl/α,β-unsaturated/α-hetero) is 1. The summed E-state index contributed by atoms with van der Waals surface area (Å²) in [6.45, 7) is 6.12. The Morgan fingerprint density at radius 1 is 1.38 bits per heavy atom. The van der Waals surface area contributed by atoms with Gasteiger partial charge in [0, 0.05) is 20.5 Å². The summed E-state index contributed by atoms with van der Waals surface area (Å²) in [7, 11) is 3.60. The number of ketones is 1. The fraction of sp³-hybridized carbons (Fsp3) is 0.667. The fourth-order valence-electron chi connectivity index (χ4n) is 1.94. The van der Waals surface area contributed by atoms with E-state index < -0.39 is 0 Å². The van der Waals surface area contributed by atoms with Gasteiger partial charge in [0.25, 0.3) is 5.17 Å². The van der Waals surface area contributed by atoms with Crippen LogP contribution in [0.25, 0.3) is 0 Å². The van der Waals surface area contributed by atoms with Crippen molar-refractivity contribution in [3.8, 4) is 0 Å². The van der Waals surface area contributed by atoms with Crippen LogP contribution >= 0.6 is 12.2 Å². The van der Waals surface area contributed by atoms with E-state index in [1.165, 1.54) is 0 Å². The van der Waals surface area contributed by atoms with Gasteiger partial charge in [-0.1, -0.05) is 13.8 Å². The lowest BCUT2D eigenvalue weighted by molar-refractivity contribution is -0.120. The van der Waals surface area contributed by atoms with E-state index in [0.717, 1.165) is 12.0 Å². The number of thiocarbonyl (C=S) groups is 1. The predicted molar refractivity (Wildman–Crippen MR) is 68.1 cm³/mol. The third kappa shape index (κ3) is 3.04. The van der Waals surface area contributed by atoms with Crippen molar-refractivity contribution in [2.75, 3.05) is 14.1 Å². The minimum atomic E-state index is 0.0355. The van der Waals surface area contributed by atoms with Crippen LogP contribution in [0, 0.1) is 5.41 Å². The van der Waals surface area contributed by atoms with Gasteiger partial charge in [-0.2, -0.15) is 0 Å². The summed E-state index contributed by atoms with van der Waals surface area (Å²) < 4.78 is 5.46. The van der Waals surface area contributed by atoms with Gasteiger partial charge in [0.05, 0.1) is 0 Å². The second-order valence-electron chi connectivity index (χ2n) is 5.31. The Labute approximate surface area is 102 Å². The van der Waals surface area contributed by atoms with E-state index in [9.17, 15) is 4.79 Å². The number of hydrogen-bond acceptors (Lipinski definition) is 3. The Bertz CT molecular complexity index is 356. The van der Waals surface area contributed by atoms with Crippen LogP contribution in [0.3, 0.4) is 0 Å². The van der Waals surface area contributed by atoms with E-state index in [1.807, 2.05) is 6.92 Å². The number of ether oxygens (including phenoxy) is 1. The molecule has 0 spiro atoms. The van der Waals surface area contributed by atoms with Crippen molar-refractivity contribution in [2.24, 2.45) is 5.41 Å². The molecule has 0 N–H and O–H groups in total. The summed E-state index contributed by atoms with van der Waals surface area (Å²) in [5.74, 6) is 0.496. The van der Waals surface area contributed by atoms with Crippen LogP contribution in [0.5, 0.6) is 0 Å². The van der Waals surface area contributed by atoms with Gasteiger partial charge in [0.15, 0.2) is 11.5 Å². The third-order valence-corrected chi connectivity index (χ3v) is 3.03. The maximum Gasteiger partial charge on any atom is 0.264 e. The first-order chi connectivity index (χ1) is 7.23. The van der Waals surface area contributed by atoms with Crippen LogP contribution in [0.2, 0.25) is 0 Å². The Kier molecular flexibility index (Phi) is 3.73. The molecule has 0 aromatic carbocycles. The number of rotatable bonds is 1. The van der Waals surface area contributed by atoms with Crippen molar-refractivity contribution in [3.05, 3.63) is 11.3 Å². The molecule has 1 rings (SSSR count). The van der Waals surface area contributed by atoms with Crippen LogP contribution in [-0.2, 0) is 9.53 Å². The zero-order valence-electron chi connectivity index (χ0n) is 10.6. The first kappa shape index (κ1) is 13.2. The second-order valence-corrected chi connectivity index (χ2v) is 5.66. The molecule has 0 radical (unpaired) electrons. The summed E-state index contributed by atoms with van der Waals surface area (Å²) in [6.07, 6.45) is 1.40. The number of carbonyl (C=O) groups is 1. The van der Waals surface area contributed by atoms with Crippen molar-refractivity contribution < 1.29 is 9.53 Å². The predicted octanol–water partition coefficient (Wildman–Crippen LogP) is 2.51. The largest absolute Gasteiger partial charge is 0.428 e. The molecule has 0 atom stereocenters. The van der Waals surface area contributed by atoms with E-state index in [1.54, 1.807) is 19.0 Å². The zero-order chi connectivity index (χ0) is 12.5. The standard InChI is InChI=1S/C12H19NO2S/c1-8-6-12(2,3)7-9(14)10(8)15-11(16)13(4)5/h6-7H2,1-5H3. The molecule has 0 unspecified atom stereocenters. The summed E-state index contributed by atoms with van der Waals surface area (Å²) in [4.78, 5) is 13.6. The topological polar surface area (TPSA) is 29.5 Å². The van der Waals surface area contributed by atoms with Gasteiger partial charge in [-0.05, 0) is 36.6 Å². The molecule has 0 heterocycles. The molecular formula is C12H19NO2S. The minimum absolute atomic E-state index is 0.0355. The van der Waals surface area contributed by atoms with Gasteiger partial charge >= 0.3 is 0 Å². The number of hydrogen-bond donors (Lipinski definition) is 0. The molecule has 1 aliphatic carbocycles. The third-order valence-electron chi connectivity index (χ3n) is 2.58. The smallest absolute Gasteiger partial charge is 0.264 e. The van der Waals surface area contributed by atoms with E-state index in [4.69, 9.17) is 17.0 Å². The van der Waals surface area contributed by atoms with E-state index in [2.05, 4.69) is 13.8 Å². The summed E-state index contributed by atoms with van der Waals surface area (Å²) in [5, 5.41) is 0.336. The van der Waals surface area contributed by atoms with Gasteiger partial charge in [-0.15, -0.1) is 0 Å². The number of carbonyl (C=O) groups excluding carboxylic acids is 1. The Hall–Kier alpha value is -0.900. The van der Waals surface area contributed by atoms with Crippen molar-refractivity contribution in [2.45, 2.75) is 33.6 Å². The van der Waals surface area contributed by atoms with Crippen LogP contribution in [0.1, 0.15) is 33.6 Å². The van der Waals surface area contributed by atoms with E-state index >= 15 is 0 Å². The summed E-state index contributed by atoms with van der Waals surface area (Å²) in [5.41, 5.74) is 1.03. The molecule has 0 aromatic heterocycles. The van der Waals surface area contributed by atoms with Crippen LogP contribution in [-0.4, -0.2) is 30.0 Å². The first-order valence-corrected chi connectivity index (χ1v) is 5.76. The maximum absolute atomic E-state index is 11.9. The second kappa shape index (κ2) is 4.53. The molecule has 90 valence electrons. The molecule has 0 aliphatic heterocycles. The molecule has 3 nitrogen and oxygen atoms in total. The highest BCUT2D eigenvalue weighted by atomic mass is 32.1. The minimum Gasteiger partial charge on any atom is -0.428 e. The summed E-state index contributed by atoms with van der Waals surface area (Å²) in [6, 6.07) is 0. The zero-order valence-corrected chi connectivity index (χ0v) is 11.4. The quantitative estimate of drug-likeness (QED) is 0.660. The molecule has 0 fully saturated rings. The van der Waals surface area contributed by atoms with Gasteiger partial charge < -0.3 is 9.64 Å². The molecule has 1 aliphatic rings. The van der Waals surface area contributed by atoms with Gasteiger partial charge in [0.2, 0.25) is 0 Å². The lowest BCUT2D eigenvalue weighted by atomic mass is 9.76. The Balaban J connectivity index is 2.87. The lowest BCUT2D eigenvalue weighted by Crippen LogP contribution is -2.30. The average Bonchev–Trinajstić information content (AvgIpc) is 2.09. The molecule has 0 amide bonds. The molecule has 0 saturated carbocycles. The van der Waals surface area contributed by atoms with Gasteiger partial charge in [-0.3, -0.25) is 4.79 Å². The highest BCUT2D eigenvalue weighted by Gasteiger charge is 2.33. The lowest BCUT2D eigenvalue weighted by Gasteiger charge is -2.30. The van der Waals surface area contributed by atoms with Crippen molar-refractivity contribution in [1.82, 2.24) is 4.90 Å². The van der Waals surface area contributed by atoms with Gasteiger partial charge in [-0.25, -0.2) is 0 Å². The molecule has 0 saturated heterocycles. The average molecular weight is 241 g/mol. The molecular weight excluding hydrogens is 222 g/mol.